The molecule has 0 aliphatic heterocycles. The van der Waals surface area contributed by atoms with Crippen molar-refractivity contribution in [1.82, 2.24) is 14.9 Å². The summed E-state index contributed by atoms with van der Waals surface area (Å²) in [6.07, 6.45) is 4.13. The highest BCUT2D eigenvalue weighted by Crippen LogP contribution is 2.23. The minimum absolute atomic E-state index is 0.305. The lowest BCUT2D eigenvalue weighted by atomic mass is 10.2. The summed E-state index contributed by atoms with van der Waals surface area (Å²) < 4.78 is 27.3. The maximum Gasteiger partial charge on any atom is 0.250 e. The van der Waals surface area contributed by atoms with E-state index in [1.54, 1.807) is 25.4 Å². The third-order valence-corrected chi connectivity index (χ3v) is 5.86. The van der Waals surface area contributed by atoms with E-state index in [2.05, 4.69) is 14.9 Å². The minimum atomic E-state index is -3.45. The smallest absolute Gasteiger partial charge is 0.250 e. The van der Waals surface area contributed by atoms with Crippen LogP contribution in [0.2, 0.25) is 0 Å². The molecule has 0 fully saturated rings. The topological polar surface area (TPSA) is 74.8 Å². The number of aryl methyl sites for hydroxylation is 1. The summed E-state index contributed by atoms with van der Waals surface area (Å²) in [6, 6.07) is 3.19. The second-order valence-electron chi connectivity index (χ2n) is 3.95. The molecule has 0 bridgehead atoms. The Balaban J connectivity index is 2.17. The Morgan fingerprint density at radius 1 is 1.50 bits per heavy atom. The first-order valence-corrected chi connectivity index (χ1v) is 7.92. The van der Waals surface area contributed by atoms with E-state index in [4.69, 9.17) is 0 Å². The van der Waals surface area contributed by atoms with Gasteiger partial charge >= 0.3 is 0 Å². The molecule has 0 saturated carbocycles. The number of aromatic amines is 1. The van der Waals surface area contributed by atoms with Gasteiger partial charge in [0.1, 0.15) is 4.21 Å². The molecule has 0 amide bonds. The summed E-state index contributed by atoms with van der Waals surface area (Å²) in [5, 5.41) is 6.47. The third kappa shape index (κ3) is 2.80. The zero-order valence-corrected chi connectivity index (χ0v) is 11.8. The van der Waals surface area contributed by atoms with Gasteiger partial charge in [-0.2, -0.15) is 5.10 Å². The molecule has 18 heavy (non-hydrogen) atoms. The maximum atomic E-state index is 12.1. The number of hydrogen-bond donors (Lipinski definition) is 2. The van der Waals surface area contributed by atoms with Crippen molar-refractivity contribution in [1.29, 1.82) is 0 Å². The Bertz CT molecular complexity index is 602. The summed E-state index contributed by atoms with van der Waals surface area (Å²) in [5.74, 6) is 0. The fourth-order valence-corrected chi connectivity index (χ4v) is 4.09. The Kier molecular flexibility index (Phi) is 3.84. The first-order chi connectivity index (χ1) is 8.53. The van der Waals surface area contributed by atoms with E-state index in [1.165, 1.54) is 11.3 Å². The van der Waals surface area contributed by atoms with Gasteiger partial charge in [-0.3, -0.25) is 5.10 Å². The van der Waals surface area contributed by atoms with E-state index in [0.29, 0.717) is 4.21 Å². The number of nitrogens with one attached hydrogen (secondary N) is 2. The Hall–Kier alpha value is -1.18. The van der Waals surface area contributed by atoms with Crippen LogP contribution in [0, 0.1) is 0 Å². The van der Waals surface area contributed by atoms with E-state index >= 15 is 0 Å². The molecular weight excluding hydrogens is 270 g/mol. The molecule has 7 heteroatoms. The largest absolute Gasteiger partial charge is 0.285 e. The predicted octanol–water partition coefficient (Wildman–Crippen LogP) is 2.07. The van der Waals surface area contributed by atoms with Gasteiger partial charge in [-0.25, -0.2) is 13.1 Å². The van der Waals surface area contributed by atoms with Crippen molar-refractivity contribution in [2.45, 2.75) is 30.5 Å². The first-order valence-electron chi connectivity index (χ1n) is 5.62. The average molecular weight is 285 g/mol. The molecule has 0 aliphatic carbocycles. The molecule has 0 saturated heterocycles. The summed E-state index contributed by atoms with van der Waals surface area (Å²) in [4.78, 5) is 1.06. The summed E-state index contributed by atoms with van der Waals surface area (Å²) in [6.45, 7) is 3.79. The van der Waals surface area contributed by atoms with Gasteiger partial charge in [-0.05, 0) is 25.5 Å². The van der Waals surface area contributed by atoms with Crippen LogP contribution in [-0.4, -0.2) is 18.6 Å². The zero-order chi connectivity index (χ0) is 13.2. The number of hydrogen-bond acceptors (Lipinski definition) is 4. The van der Waals surface area contributed by atoms with E-state index in [-0.39, 0.29) is 6.04 Å². The lowest BCUT2D eigenvalue weighted by Gasteiger charge is -2.11. The number of aromatic nitrogens is 2. The highest BCUT2D eigenvalue weighted by atomic mass is 32.2. The minimum Gasteiger partial charge on any atom is -0.285 e. The fraction of sp³-hybridized carbons (Fsp3) is 0.364. The molecule has 0 aromatic carbocycles. The van der Waals surface area contributed by atoms with Crippen LogP contribution < -0.4 is 4.72 Å². The summed E-state index contributed by atoms with van der Waals surface area (Å²) in [7, 11) is -3.45. The number of rotatable bonds is 5. The van der Waals surface area contributed by atoms with Crippen LogP contribution in [0.25, 0.3) is 0 Å². The lowest BCUT2D eigenvalue weighted by Crippen LogP contribution is -2.25. The van der Waals surface area contributed by atoms with Crippen molar-refractivity contribution in [2.24, 2.45) is 0 Å². The van der Waals surface area contributed by atoms with Crippen LogP contribution in [0.15, 0.2) is 28.7 Å². The van der Waals surface area contributed by atoms with Crippen LogP contribution in [0.5, 0.6) is 0 Å². The average Bonchev–Trinajstić information content (AvgIpc) is 3.00. The van der Waals surface area contributed by atoms with Gasteiger partial charge in [-0.15, -0.1) is 11.3 Å². The van der Waals surface area contributed by atoms with Crippen molar-refractivity contribution in [3.63, 3.8) is 0 Å². The Labute approximate surface area is 110 Å². The monoisotopic (exact) mass is 285 g/mol. The summed E-state index contributed by atoms with van der Waals surface area (Å²) in [5.41, 5.74) is 0.811. The van der Waals surface area contributed by atoms with Crippen molar-refractivity contribution < 1.29 is 8.42 Å². The number of nitrogens with zero attached hydrogens (tertiary/aromatic N) is 1. The Morgan fingerprint density at radius 3 is 2.83 bits per heavy atom. The molecular formula is C11H15N3O2S2. The predicted molar refractivity (Wildman–Crippen MR) is 71.0 cm³/mol. The normalized spacial score (nSPS) is 13.7. The van der Waals surface area contributed by atoms with Crippen molar-refractivity contribution in [3.8, 4) is 0 Å². The molecule has 5 nitrogen and oxygen atoms in total. The first kappa shape index (κ1) is 13.3. The quantitative estimate of drug-likeness (QED) is 0.883. The molecule has 2 rings (SSSR count). The third-order valence-electron chi connectivity index (χ3n) is 2.60. The SMILES string of the molecule is CCc1ccc(S(=O)(=O)NC(C)c2cn[nH]c2)s1. The van der Waals surface area contributed by atoms with Crippen molar-refractivity contribution >= 4 is 21.4 Å². The highest BCUT2D eigenvalue weighted by molar-refractivity contribution is 7.91. The molecule has 98 valence electrons. The molecule has 1 unspecified atom stereocenters. The molecule has 2 aromatic heterocycles. The van der Waals surface area contributed by atoms with Gasteiger partial charge in [0.25, 0.3) is 10.0 Å². The lowest BCUT2D eigenvalue weighted by molar-refractivity contribution is 0.569. The number of thiophene rings is 1. The molecule has 0 radical (unpaired) electrons. The van der Waals surface area contributed by atoms with Crippen LogP contribution in [0.4, 0.5) is 0 Å². The van der Waals surface area contributed by atoms with E-state index in [9.17, 15) is 8.42 Å². The number of H-pyrrole nitrogens is 1. The summed E-state index contributed by atoms with van der Waals surface area (Å²) >= 11 is 1.31. The van der Waals surface area contributed by atoms with E-state index in [0.717, 1.165) is 16.9 Å². The van der Waals surface area contributed by atoms with Gasteiger partial charge in [0.2, 0.25) is 0 Å². The zero-order valence-electron chi connectivity index (χ0n) is 10.2. The molecule has 2 heterocycles. The molecule has 0 aliphatic rings. The molecule has 0 spiro atoms. The van der Waals surface area contributed by atoms with Crippen LogP contribution in [-0.2, 0) is 16.4 Å². The van der Waals surface area contributed by atoms with E-state index < -0.39 is 10.0 Å². The van der Waals surface area contributed by atoms with Gasteiger partial charge in [0.15, 0.2) is 0 Å². The van der Waals surface area contributed by atoms with Crippen molar-refractivity contribution in [3.05, 3.63) is 35.0 Å². The number of sulfonamides is 1. The van der Waals surface area contributed by atoms with Gasteiger partial charge in [0.05, 0.1) is 6.20 Å². The fourth-order valence-electron chi connectivity index (χ4n) is 1.55. The van der Waals surface area contributed by atoms with Gasteiger partial charge in [-0.1, -0.05) is 6.92 Å². The molecule has 2 N–H and O–H groups in total. The van der Waals surface area contributed by atoms with Crippen LogP contribution >= 0.6 is 11.3 Å². The maximum absolute atomic E-state index is 12.1. The van der Waals surface area contributed by atoms with Crippen molar-refractivity contribution in [2.75, 3.05) is 0 Å². The second-order valence-corrected chi connectivity index (χ2v) is 7.06. The van der Waals surface area contributed by atoms with Crippen LogP contribution in [0.1, 0.15) is 30.3 Å². The highest BCUT2D eigenvalue weighted by Gasteiger charge is 2.20. The van der Waals surface area contributed by atoms with Crippen LogP contribution in [0.3, 0.4) is 0 Å². The molecule has 1 atom stereocenters. The van der Waals surface area contributed by atoms with E-state index in [1.807, 2.05) is 13.0 Å². The van der Waals surface area contributed by atoms with Gasteiger partial charge < -0.3 is 0 Å². The Morgan fingerprint density at radius 2 is 2.28 bits per heavy atom. The standard InChI is InChI=1S/C11H15N3O2S2/c1-3-10-4-5-11(17-10)18(15,16)14-8(2)9-6-12-13-7-9/h4-8,14H,3H2,1-2H3,(H,12,13). The molecule has 2 aromatic rings. The second kappa shape index (κ2) is 5.21. The van der Waals surface area contributed by atoms with Gasteiger partial charge in [0, 0.05) is 22.7 Å².